The van der Waals surface area contributed by atoms with Crippen molar-refractivity contribution in [1.29, 1.82) is 0 Å². The SMILES string of the molecule is O=C(O)c1c(F)cccc1N1CC2(CC2)C1. The number of carboxylic acid groups (broad SMARTS) is 1. The number of aromatic carboxylic acids is 1. The monoisotopic (exact) mass is 221 g/mol. The standard InChI is InChI=1S/C12H12FNO2/c13-8-2-1-3-9(10(8)11(15)16)14-6-12(7-14)4-5-12/h1-3H,4-7H2,(H,15,16). The molecule has 0 aromatic heterocycles. The van der Waals surface area contributed by atoms with E-state index in [4.69, 9.17) is 5.11 Å². The Balaban J connectivity index is 1.94. The largest absolute Gasteiger partial charge is 0.478 e. The van der Waals surface area contributed by atoms with Crippen molar-refractivity contribution >= 4 is 11.7 Å². The maximum atomic E-state index is 13.4. The van der Waals surface area contributed by atoms with Crippen molar-refractivity contribution in [3.05, 3.63) is 29.6 Å². The van der Waals surface area contributed by atoms with Gasteiger partial charge in [0.05, 0.1) is 5.69 Å². The lowest BCUT2D eigenvalue weighted by molar-refractivity contribution is 0.0692. The summed E-state index contributed by atoms with van der Waals surface area (Å²) >= 11 is 0. The maximum absolute atomic E-state index is 13.4. The molecule has 1 saturated carbocycles. The van der Waals surface area contributed by atoms with Crippen LogP contribution in [-0.2, 0) is 0 Å². The molecule has 0 atom stereocenters. The van der Waals surface area contributed by atoms with Crippen LogP contribution < -0.4 is 4.90 Å². The molecule has 1 aromatic carbocycles. The first kappa shape index (κ1) is 9.63. The second-order valence-corrected chi connectivity index (χ2v) is 4.80. The van der Waals surface area contributed by atoms with E-state index in [1.807, 2.05) is 4.90 Å². The summed E-state index contributed by atoms with van der Waals surface area (Å²) in [6.07, 6.45) is 2.45. The lowest BCUT2D eigenvalue weighted by Crippen LogP contribution is -2.49. The Morgan fingerprint density at radius 2 is 2.06 bits per heavy atom. The Labute approximate surface area is 92.5 Å². The van der Waals surface area contributed by atoms with E-state index < -0.39 is 11.8 Å². The van der Waals surface area contributed by atoms with Crippen LogP contribution in [-0.4, -0.2) is 24.2 Å². The first-order chi connectivity index (χ1) is 7.61. The molecule has 3 nitrogen and oxygen atoms in total. The predicted molar refractivity (Wildman–Crippen MR) is 57.2 cm³/mol. The minimum atomic E-state index is -1.19. The summed E-state index contributed by atoms with van der Waals surface area (Å²) < 4.78 is 13.4. The molecular weight excluding hydrogens is 209 g/mol. The van der Waals surface area contributed by atoms with Crippen LogP contribution in [0.25, 0.3) is 0 Å². The van der Waals surface area contributed by atoms with E-state index >= 15 is 0 Å². The molecule has 1 spiro atoms. The summed E-state index contributed by atoms with van der Waals surface area (Å²) in [5.74, 6) is -1.84. The molecule has 1 N–H and O–H groups in total. The van der Waals surface area contributed by atoms with E-state index in [1.165, 1.54) is 18.9 Å². The van der Waals surface area contributed by atoms with Crippen LogP contribution in [0.2, 0.25) is 0 Å². The predicted octanol–water partition coefficient (Wildman–Crippen LogP) is 2.12. The van der Waals surface area contributed by atoms with Gasteiger partial charge in [0, 0.05) is 18.5 Å². The van der Waals surface area contributed by atoms with E-state index in [0.29, 0.717) is 11.1 Å². The molecular formula is C12H12FNO2. The minimum absolute atomic E-state index is 0.196. The van der Waals surface area contributed by atoms with Gasteiger partial charge < -0.3 is 10.0 Å². The summed E-state index contributed by atoms with van der Waals surface area (Å²) in [4.78, 5) is 13.0. The highest BCUT2D eigenvalue weighted by molar-refractivity contribution is 5.95. The molecule has 0 bridgehead atoms. The number of hydrogen-bond donors (Lipinski definition) is 1. The zero-order valence-corrected chi connectivity index (χ0v) is 8.74. The third-order valence-corrected chi connectivity index (χ3v) is 3.56. The molecule has 4 heteroatoms. The van der Waals surface area contributed by atoms with E-state index in [0.717, 1.165) is 13.1 Å². The van der Waals surface area contributed by atoms with Gasteiger partial charge in [0.15, 0.2) is 0 Å². The van der Waals surface area contributed by atoms with Gasteiger partial charge in [-0.25, -0.2) is 9.18 Å². The van der Waals surface area contributed by atoms with E-state index in [2.05, 4.69) is 0 Å². The molecule has 1 heterocycles. The Bertz CT molecular complexity index is 460. The average Bonchev–Trinajstić information content (AvgIpc) is 2.93. The van der Waals surface area contributed by atoms with Crippen molar-refractivity contribution in [1.82, 2.24) is 0 Å². The lowest BCUT2D eigenvalue weighted by Gasteiger charge is -2.42. The fourth-order valence-electron chi connectivity index (χ4n) is 2.41. The summed E-state index contributed by atoms with van der Waals surface area (Å²) in [5, 5.41) is 8.99. The smallest absolute Gasteiger partial charge is 0.340 e. The average molecular weight is 221 g/mol. The highest BCUT2D eigenvalue weighted by Gasteiger charge is 2.52. The summed E-state index contributed by atoms with van der Waals surface area (Å²) in [7, 11) is 0. The van der Waals surface area contributed by atoms with Crippen molar-refractivity contribution < 1.29 is 14.3 Å². The van der Waals surface area contributed by atoms with Crippen LogP contribution in [0.3, 0.4) is 0 Å². The Kier molecular flexibility index (Phi) is 1.79. The van der Waals surface area contributed by atoms with Gasteiger partial charge in [0.1, 0.15) is 11.4 Å². The number of carboxylic acids is 1. The third-order valence-electron chi connectivity index (χ3n) is 3.56. The highest BCUT2D eigenvalue weighted by Crippen LogP contribution is 2.54. The molecule has 2 fully saturated rings. The lowest BCUT2D eigenvalue weighted by atomic mass is 9.95. The first-order valence-corrected chi connectivity index (χ1v) is 5.38. The first-order valence-electron chi connectivity index (χ1n) is 5.38. The van der Waals surface area contributed by atoms with Gasteiger partial charge >= 0.3 is 5.97 Å². The van der Waals surface area contributed by atoms with Crippen LogP contribution in [0.15, 0.2) is 18.2 Å². The molecule has 0 amide bonds. The van der Waals surface area contributed by atoms with Crippen LogP contribution >= 0.6 is 0 Å². The third kappa shape index (κ3) is 1.29. The normalized spacial score (nSPS) is 20.7. The molecule has 16 heavy (non-hydrogen) atoms. The van der Waals surface area contributed by atoms with E-state index in [9.17, 15) is 9.18 Å². The molecule has 3 rings (SSSR count). The van der Waals surface area contributed by atoms with Crippen LogP contribution in [0, 0.1) is 11.2 Å². The Morgan fingerprint density at radius 1 is 1.38 bits per heavy atom. The van der Waals surface area contributed by atoms with Crippen LogP contribution in [0.4, 0.5) is 10.1 Å². The molecule has 2 aliphatic rings. The van der Waals surface area contributed by atoms with E-state index in [-0.39, 0.29) is 5.56 Å². The minimum Gasteiger partial charge on any atom is -0.478 e. The molecule has 0 radical (unpaired) electrons. The number of anilines is 1. The van der Waals surface area contributed by atoms with Gasteiger partial charge in [0.2, 0.25) is 0 Å². The van der Waals surface area contributed by atoms with Crippen LogP contribution in [0.1, 0.15) is 23.2 Å². The molecule has 1 aliphatic carbocycles. The maximum Gasteiger partial charge on any atom is 0.340 e. The van der Waals surface area contributed by atoms with Crippen molar-refractivity contribution in [2.24, 2.45) is 5.41 Å². The second-order valence-electron chi connectivity index (χ2n) is 4.80. The quantitative estimate of drug-likeness (QED) is 0.831. The molecule has 84 valence electrons. The van der Waals surface area contributed by atoms with Gasteiger partial charge in [-0.1, -0.05) is 6.07 Å². The van der Waals surface area contributed by atoms with Gasteiger partial charge in [-0.15, -0.1) is 0 Å². The number of hydrogen-bond acceptors (Lipinski definition) is 2. The Hall–Kier alpha value is -1.58. The van der Waals surface area contributed by atoms with Crippen molar-refractivity contribution in [3.63, 3.8) is 0 Å². The number of benzene rings is 1. The summed E-state index contributed by atoms with van der Waals surface area (Å²) in [6, 6.07) is 4.44. The van der Waals surface area contributed by atoms with Crippen molar-refractivity contribution in [2.45, 2.75) is 12.8 Å². The molecule has 1 aliphatic heterocycles. The van der Waals surface area contributed by atoms with Gasteiger partial charge in [-0.2, -0.15) is 0 Å². The van der Waals surface area contributed by atoms with Gasteiger partial charge in [0.25, 0.3) is 0 Å². The number of nitrogens with zero attached hydrogens (tertiary/aromatic N) is 1. The number of carbonyl (C=O) groups is 1. The van der Waals surface area contributed by atoms with Crippen molar-refractivity contribution in [2.75, 3.05) is 18.0 Å². The van der Waals surface area contributed by atoms with E-state index in [1.54, 1.807) is 12.1 Å². The number of halogens is 1. The van der Waals surface area contributed by atoms with Gasteiger partial charge in [-0.05, 0) is 25.0 Å². The summed E-state index contributed by atoms with van der Waals surface area (Å²) in [6.45, 7) is 1.74. The zero-order valence-electron chi connectivity index (χ0n) is 8.74. The topological polar surface area (TPSA) is 40.5 Å². The molecule has 1 aromatic rings. The fourth-order valence-corrected chi connectivity index (χ4v) is 2.41. The highest BCUT2D eigenvalue weighted by atomic mass is 19.1. The second kappa shape index (κ2) is 2.97. The Morgan fingerprint density at radius 3 is 2.62 bits per heavy atom. The molecule has 1 saturated heterocycles. The number of rotatable bonds is 2. The molecule has 0 unspecified atom stereocenters. The fraction of sp³-hybridized carbons (Fsp3) is 0.417. The zero-order chi connectivity index (χ0) is 11.3. The summed E-state index contributed by atoms with van der Waals surface area (Å²) in [5.41, 5.74) is 0.755. The van der Waals surface area contributed by atoms with Gasteiger partial charge in [-0.3, -0.25) is 0 Å². The van der Waals surface area contributed by atoms with Crippen LogP contribution in [0.5, 0.6) is 0 Å². The van der Waals surface area contributed by atoms with Crippen molar-refractivity contribution in [3.8, 4) is 0 Å².